The van der Waals surface area contributed by atoms with Crippen LogP contribution in [0.2, 0.25) is 0 Å². The van der Waals surface area contributed by atoms with Gasteiger partial charge in [-0.05, 0) is 31.5 Å². The molecule has 5 nitrogen and oxygen atoms in total. The van der Waals surface area contributed by atoms with Crippen molar-refractivity contribution in [2.24, 2.45) is 0 Å². The molecule has 1 unspecified atom stereocenters. The highest BCUT2D eigenvalue weighted by molar-refractivity contribution is 5.81. The first-order chi connectivity index (χ1) is 9.58. The molecule has 0 fully saturated rings. The minimum atomic E-state index is -0.213. The third kappa shape index (κ3) is 4.90. The van der Waals surface area contributed by atoms with Crippen molar-refractivity contribution in [1.29, 1.82) is 5.26 Å². The molecule has 0 aliphatic carbocycles. The standard InChI is InChI=1S/C15H21N3O2/c1-4-18(3)15(19)12(2)17-11-13-5-7-14(8-6-13)20-10-9-16/h5-8,12,17H,4,10-11H2,1-3H3. The molecule has 1 N–H and O–H groups in total. The smallest absolute Gasteiger partial charge is 0.239 e. The van der Waals surface area contributed by atoms with Crippen molar-refractivity contribution in [3.8, 4) is 11.8 Å². The van der Waals surface area contributed by atoms with Gasteiger partial charge in [-0.3, -0.25) is 4.79 Å². The summed E-state index contributed by atoms with van der Waals surface area (Å²) in [5.41, 5.74) is 1.06. The van der Waals surface area contributed by atoms with Crippen molar-refractivity contribution in [1.82, 2.24) is 10.2 Å². The lowest BCUT2D eigenvalue weighted by Crippen LogP contribution is -2.42. The summed E-state index contributed by atoms with van der Waals surface area (Å²) in [4.78, 5) is 13.6. The van der Waals surface area contributed by atoms with Crippen LogP contribution in [0.15, 0.2) is 24.3 Å². The van der Waals surface area contributed by atoms with Crippen molar-refractivity contribution in [2.45, 2.75) is 26.4 Å². The maximum Gasteiger partial charge on any atom is 0.239 e. The second kappa shape index (κ2) is 8.18. The molecular weight excluding hydrogens is 254 g/mol. The Hall–Kier alpha value is -2.06. The third-order valence-corrected chi connectivity index (χ3v) is 3.06. The molecule has 1 rings (SSSR count). The molecule has 0 radical (unpaired) electrons. The van der Waals surface area contributed by atoms with Gasteiger partial charge in [0.1, 0.15) is 11.8 Å². The van der Waals surface area contributed by atoms with E-state index in [1.54, 1.807) is 11.9 Å². The maximum absolute atomic E-state index is 11.9. The Kier molecular flexibility index (Phi) is 6.54. The van der Waals surface area contributed by atoms with Crippen molar-refractivity contribution >= 4 is 5.91 Å². The third-order valence-electron chi connectivity index (χ3n) is 3.06. The van der Waals surface area contributed by atoms with E-state index in [1.807, 2.05) is 44.2 Å². The molecule has 0 spiro atoms. The van der Waals surface area contributed by atoms with Gasteiger partial charge >= 0.3 is 0 Å². The first-order valence-corrected chi connectivity index (χ1v) is 6.65. The van der Waals surface area contributed by atoms with Gasteiger partial charge < -0.3 is 15.0 Å². The van der Waals surface area contributed by atoms with Crippen LogP contribution < -0.4 is 10.1 Å². The van der Waals surface area contributed by atoms with E-state index in [4.69, 9.17) is 10.00 Å². The van der Waals surface area contributed by atoms with Gasteiger partial charge in [-0.1, -0.05) is 12.1 Å². The van der Waals surface area contributed by atoms with E-state index < -0.39 is 0 Å². The summed E-state index contributed by atoms with van der Waals surface area (Å²) < 4.78 is 5.18. The fourth-order valence-electron chi connectivity index (χ4n) is 1.66. The molecule has 1 amide bonds. The molecule has 20 heavy (non-hydrogen) atoms. The van der Waals surface area contributed by atoms with Crippen LogP contribution in [0.1, 0.15) is 19.4 Å². The Labute approximate surface area is 120 Å². The Morgan fingerprint density at radius 3 is 2.65 bits per heavy atom. The van der Waals surface area contributed by atoms with Gasteiger partial charge in [-0.15, -0.1) is 0 Å². The lowest BCUT2D eigenvalue weighted by Gasteiger charge is -2.20. The van der Waals surface area contributed by atoms with Gasteiger partial charge in [0.25, 0.3) is 0 Å². The molecule has 0 heterocycles. The number of nitrogens with one attached hydrogen (secondary N) is 1. The molecule has 0 saturated carbocycles. The fourth-order valence-corrected chi connectivity index (χ4v) is 1.66. The zero-order valence-corrected chi connectivity index (χ0v) is 12.2. The number of hydrogen-bond acceptors (Lipinski definition) is 4. The number of nitrogens with zero attached hydrogens (tertiary/aromatic N) is 2. The van der Waals surface area contributed by atoms with Crippen molar-refractivity contribution in [3.63, 3.8) is 0 Å². The minimum Gasteiger partial charge on any atom is -0.479 e. The Morgan fingerprint density at radius 1 is 1.45 bits per heavy atom. The summed E-state index contributed by atoms with van der Waals surface area (Å²) in [7, 11) is 1.79. The summed E-state index contributed by atoms with van der Waals surface area (Å²) in [6.07, 6.45) is 0. The second-order valence-electron chi connectivity index (χ2n) is 4.55. The number of amides is 1. The molecule has 1 atom stereocenters. The van der Waals surface area contributed by atoms with Crippen LogP contribution in [-0.2, 0) is 11.3 Å². The highest BCUT2D eigenvalue weighted by Crippen LogP contribution is 2.12. The minimum absolute atomic E-state index is 0.0481. The fraction of sp³-hybridized carbons (Fsp3) is 0.467. The average Bonchev–Trinajstić information content (AvgIpc) is 2.49. The molecule has 5 heteroatoms. The monoisotopic (exact) mass is 275 g/mol. The number of nitriles is 1. The average molecular weight is 275 g/mol. The van der Waals surface area contributed by atoms with E-state index in [2.05, 4.69) is 5.32 Å². The number of likely N-dealkylation sites (N-methyl/N-ethyl adjacent to an activating group) is 1. The van der Waals surface area contributed by atoms with Crippen LogP contribution >= 0.6 is 0 Å². The van der Waals surface area contributed by atoms with Gasteiger partial charge in [-0.25, -0.2) is 0 Å². The van der Waals surface area contributed by atoms with Crippen LogP contribution in [0.5, 0.6) is 5.75 Å². The number of benzene rings is 1. The number of carbonyl (C=O) groups excluding carboxylic acids is 1. The zero-order valence-electron chi connectivity index (χ0n) is 12.2. The molecule has 0 aliphatic rings. The Morgan fingerprint density at radius 2 is 2.10 bits per heavy atom. The number of ether oxygens (including phenoxy) is 1. The first kappa shape index (κ1) is 16.0. The van der Waals surface area contributed by atoms with Crippen molar-refractivity contribution in [2.75, 3.05) is 20.2 Å². The van der Waals surface area contributed by atoms with E-state index in [0.717, 1.165) is 5.56 Å². The quantitative estimate of drug-likeness (QED) is 0.820. The van der Waals surface area contributed by atoms with Crippen LogP contribution in [0.4, 0.5) is 0 Å². The lowest BCUT2D eigenvalue weighted by atomic mass is 10.2. The number of rotatable bonds is 7. The Bertz CT molecular complexity index is 465. The summed E-state index contributed by atoms with van der Waals surface area (Å²) in [6.45, 7) is 5.18. The molecular formula is C15H21N3O2. The molecule has 1 aromatic carbocycles. The van der Waals surface area contributed by atoms with Crippen molar-refractivity contribution in [3.05, 3.63) is 29.8 Å². The highest BCUT2D eigenvalue weighted by atomic mass is 16.5. The van der Waals surface area contributed by atoms with Crippen LogP contribution in [-0.4, -0.2) is 37.0 Å². The molecule has 108 valence electrons. The largest absolute Gasteiger partial charge is 0.479 e. The van der Waals surface area contributed by atoms with Crippen LogP contribution in [0.3, 0.4) is 0 Å². The van der Waals surface area contributed by atoms with E-state index in [1.165, 1.54) is 0 Å². The number of hydrogen-bond donors (Lipinski definition) is 1. The van der Waals surface area contributed by atoms with Gasteiger partial charge in [0, 0.05) is 20.1 Å². The maximum atomic E-state index is 11.9. The molecule has 0 bridgehead atoms. The summed E-state index contributed by atoms with van der Waals surface area (Å²) in [6, 6.07) is 9.18. The van der Waals surface area contributed by atoms with Crippen LogP contribution in [0, 0.1) is 11.3 Å². The molecule has 0 aliphatic heterocycles. The SMILES string of the molecule is CCN(C)C(=O)C(C)NCc1ccc(OCC#N)cc1. The second-order valence-corrected chi connectivity index (χ2v) is 4.55. The van der Waals surface area contributed by atoms with Gasteiger partial charge in [0.15, 0.2) is 6.61 Å². The number of carbonyl (C=O) groups is 1. The van der Waals surface area contributed by atoms with Gasteiger partial charge in [0.2, 0.25) is 5.91 Å². The summed E-state index contributed by atoms with van der Waals surface area (Å²) in [5, 5.41) is 11.6. The van der Waals surface area contributed by atoms with Crippen molar-refractivity contribution < 1.29 is 9.53 Å². The van der Waals surface area contributed by atoms with Gasteiger partial charge in [0.05, 0.1) is 6.04 Å². The Balaban J connectivity index is 2.45. The van der Waals surface area contributed by atoms with E-state index in [0.29, 0.717) is 18.8 Å². The molecule has 0 saturated heterocycles. The van der Waals surface area contributed by atoms with E-state index in [9.17, 15) is 4.79 Å². The molecule has 0 aromatic heterocycles. The summed E-state index contributed by atoms with van der Waals surface area (Å²) in [5.74, 6) is 0.756. The highest BCUT2D eigenvalue weighted by Gasteiger charge is 2.15. The van der Waals surface area contributed by atoms with Crippen LogP contribution in [0.25, 0.3) is 0 Å². The predicted octanol–water partition coefficient (Wildman–Crippen LogP) is 1.55. The van der Waals surface area contributed by atoms with E-state index in [-0.39, 0.29) is 18.6 Å². The van der Waals surface area contributed by atoms with E-state index >= 15 is 0 Å². The topological polar surface area (TPSA) is 65.4 Å². The van der Waals surface area contributed by atoms with Gasteiger partial charge in [-0.2, -0.15) is 5.26 Å². The first-order valence-electron chi connectivity index (χ1n) is 6.65. The predicted molar refractivity (Wildman–Crippen MR) is 77.2 cm³/mol. The lowest BCUT2D eigenvalue weighted by molar-refractivity contribution is -0.131. The normalized spacial score (nSPS) is 11.5. The summed E-state index contributed by atoms with van der Waals surface area (Å²) >= 11 is 0. The molecule has 1 aromatic rings. The zero-order chi connectivity index (χ0) is 15.0.